The Morgan fingerprint density at radius 1 is 1.27 bits per heavy atom. The number of nitrogens with two attached hydrogens (primary N) is 1. The maximum absolute atomic E-state index is 11.1. The van der Waals surface area contributed by atoms with Crippen LogP contribution in [0.5, 0.6) is 0 Å². The second-order valence-electron chi connectivity index (χ2n) is 9.76. The van der Waals surface area contributed by atoms with Gasteiger partial charge in [-0.3, -0.25) is 4.90 Å². The highest BCUT2D eigenvalue weighted by Crippen LogP contribution is 2.32. The molecule has 9 nitrogen and oxygen atoms in total. The largest absolute Gasteiger partial charge is 0.396 e. The van der Waals surface area contributed by atoms with Crippen LogP contribution in [0.2, 0.25) is 0 Å². The number of aromatic nitrogens is 2. The summed E-state index contributed by atoms with van der Waals surface area (Å²) in [6, 6.07) is 7.04. The van der Waals surface area contributed by atoms with Crippen LogP contribution in [0.4, 0.5) is 16.3 Å². The summed E-state index contributed by atoms with van der Waals surface area (Å²) in [6.45, 7) is 11.1. The Labute approximate surface area is 195 Å². The first kappa shape index (κ1) is 23.4. The van der Waals surface area contributed by atoms with Crippen molar-refractivity contribution in [3.63, 3.8) is 0 Å². The SMILES string of the molecule is C[C@H]1COCCN1c1nc(-c2ccc(NC(N)=O)cc2)nc2c1CCN(CC(C)(C)CO)C2. The molecule has 4 N–H and O–H groups in total. The molecular weight excluding hydrogens is 420 g/mol. The van der Waals surface area contributed by atoms with Gasteiger partial charge in [0.2, 0.25) is 0 Å². The van der Waals surface area contributed by atoms with Gasteiger partial charge in [-0.05, 0) is 37.6 Å². The summed E-state index contributed by atoms with van der Waals surface area (Å²) >= 11 is 0. The number of amides is 2. The van der Waals surface area contributed by atoms with Crippen LogP contribution in [-0.4, -0.2) is 71.5 Å². The first-order valence-electron chi connectivity index (χ1n) is 11.5. The van der Waals surface area contributed by atoms with Crippen LogP contribution in [0.15, 0.2) is 24.3 Å². The van der Waals surface area contributed by atoms with Crippen molar-refractivity contribution in [3.05, 3.63) is 35.5 Å². The van der Waals surface area contributed by atoms with Gasteiger partial charge in [0.25, 0.3) is 0 Å². The van der Waals surface area contributed by atoms with Gasteiger partial charge in [-0.2, -0.15) is 0 Å². The lowest BCUT2D eigenvalue weighted by molar-refractivity contribution is 0.0939. The zero-order valence-electron chi connectivity index (χ0n) is 19.7. The van der Waals surface area contributed by atoms with Crippen LogP contribution in [0.25, 0.3) is 11.4 Å². The molecule has 0 aliphatic carbocycles. The third-order valence-electron chi connectivity index (χ3n) is 6.25. The van der Waals surface area contributed by atoms with Gasteiger partial charge >= 0.3 is 6.03 Å². The summed E-state index contributed by atoms with van der Waals surface area (Å²) in [5, 5.41) is 12.3. The Bertz CT molecular complexity index is 994. The van der Waals surface area contributed by atoms with E-state index in [-0.39, 0.29) is 18.1 Å². The summed E-state index contributed by atoms with van der Waals surface area (Å²) in [4.78, 5) is 25.8. The molecule has 1 fully saturated rings. The number of ether oxygens (including phenoxy) is 1. The monoisotopic (exact) mass is 454 g/mol. The topological polar surface area (TPSA) is 117 Å². The number of fused-ring (bicyclic) bond motifs is 1. The van der Waals surface area contributed by atoms with Crippen LogP contribution in [0.3, 0.4) is 0 Å². The number of hydrogen-bond donors (Lipinski definition) is 3. The number of hydrogen-bond acceptors (Lipinski definition) is 7. The van der Waals surface area contributed by atoms with Crippen LogP contribution in [0, 0.1) is 5.41 Å². The lowest BCUT2D eigenvalue weighted by atomic mass is 9.92. The van der Waals surface area contributed by atoms with Crippen LogP contribution < -0.4 is 16.0 Å². The minimum absolute atomic E-state index is 0.146. The zero-order chi connectivity index (χ0) is 23.6. The summed E-state index contributed by atoms with van der Waals surface area (Å²) in [6.07, 6.45) is 0.873. The third kappa shape index (κ3) is 5.43. The third-order valence-corrected chi connectivity index (χ3v) is 6.25. The van der Waals surface area contributed by atoms with E-state index in [0.29, 0.717) is 24.7 Å². The van der Waals surface area contributed by atoms with Gasteiger partial charge in [0.1, 0.15) is 5.82 Å². The molecule has 33 heavy (non-hydrogen) atoms. The zero-order valence-corrected chi connectivity index (χ0v) is 19.7. The number of urea groups is 1. The smallest absolute Gasteiger partial charge is 0.316 e. The van der Waals surface area contributed by atoms with E-state index in [1.807, 2.05) is 12.1 Å². The standard InChI is InChI=1S/C24H34N6O3/c1-16-13-33-11-10-30(16)22-19-8-9-29(14-24(2,3)15-31)12-20(19)27-21(28-22)17-4-6-18(7-5-17)26-23(25)32/h4-7,16,31H,8-15H2,1-3H3,(H3,25,26,32)/t16-/m0/s1. The van der Waals surface area contributed by atoms with Crippen molar-refractivity contribution in [2.75, 3.05) is 49.7 Å². The number of carbonyl (C=O) groups is 1. The molecule has 4 rings (SSSR count). The molecule has 1 atom stereocenters. The second kappa shape index (κ2) is 9.62. The fourth-order valence-electron chi connectivity index (χ4n) is 4.51. The highest BCUT2D eigenvalue weighted by molar-refractivity contribution is 5.88. The van der Waals surface area contributed by atoms with Crippen LogP contribution in [-0.2, 0) is 17.7 Å². The van der Waals surface area contributed by atoms with Crippen molar-refractivity contribution in [1.82, 2.24) is 14.9 Å². The predicted molar refractivity (Wildman–Crippen MR) is 128 cm³/mol. The van der Waals surface area contributed by atoms with E-state index in [0.717, 1.165) is 49.7 Å². The Morgan fingerprint density at radius 3 is 2.70 bits per heavy atom. The number of nitrogens with zero attached hydrogens (tertiary/aromatic N) is 4. The quantitative estimate of drug-likeness (QED) is 0.613. The van der Waals surface area contributed by atoms with Gasteiger partial charge in [0.15, 0.2) is 5.82 Å². The Balaban J connectivity index is 1.70. The van der Waals surface area contributed by atoms with Crippen molar-refractivity contribution in [2.24, 2.45) is 11.1 Å². The summed E-state index contributed by atoms with van der Waals surface area (Å²) < 4.78 is 5.66. The van der Waals surface area contributed by atoms with Crippen molar-refractivity contribution in [2.45, 2.75) is 39.8 Å². The van der Waals surface area contributed by atoms with Crippen molar-refractivity contribution in [1.29, 1.82) is 0 Å². The molecule has 2 aromatic rings. The van der Waals surface area contributed by atoms with Crippen LogP contribution in [0.1, 0.15) is 32.0 Å². The van der Waals surface area contributed by atoms with Gasteiger partial charge in [-0.15, -0.1) is 0 Å². The number of rotatable bonds is 6. The van der Waals surface area contributed by atoms with E-state index in [4.69, 9.17) is 20.4 Å². The lowest BCUT2D eigenvalue weighted by Gasteiger charge is -2.39. The van der Waals surface area contributed by atoms with E-state index in [1.54, 1.807) is 12.1 Å². The lowest BCUT2D eigenvalue weighted by Crippen LogP contribution is -2.46. The summed E-state index contributed by atoms with van der Waals surface area (Å²) in [7, 11) is 0. The Kier molecular flexibility index (Phi) is 6.83. The molecule has 2 aliphatic rings. The fourth-order valence-corrected chi connectivity index (χ4v) is 4.51. The number of aliphatic hydroxyl groups excluding tert-OH is 1. The molecule has 1 aromatic heterocycles. The molecule has 3 heterocycles. The average Bonchev–Trinajstić information content (AvgIpc) is 2.78. The van der Waals surface area contributed by atoms with Crippen molar-refractivity contribution >= 4 is 17.5 Å². The normalized spacial score (nSPS) is 19.3. The number of benzene rings is 1. The van der Waals surface area contributed by atoms with E-state index < -0.39 is 6.03 Å². The molecule has 0 radical (unpaired) electrons. The van der Waals surface area contributed by atoms with E-state index in [9.17, 15) is 9.90 Å². The summed E-state index contributed by atoms with van der Waals surface area (Å²) in [5.74, 6) is 1.66. The van der Waals surface area contributed by atoms with Gasteiger partial charge in [-0.1, -0.05) is 13.8 Å². The van der Waals surface area contributed by atoms with Gasteiger partial charge < -0.3 is 25.8 Å². The molecule has 9 heteroatoms. The molecule has 2 aliphatic heterocycles. The van der Waals surface area contributed by atoms with Crippen LogP contribution >= 0.6 is 0 Å². The molecule has 178 valence electrons. The number of carbonyl (C=O) groups excluding carboxylic acids is 1. The maximum Gasteiger partial charge on any atom is 0.316 e. The van der Waals surface area contributed by atoms with Gasteiger partial charge in [0.05, 0.1) is 24.9 Å². The van der Waals surface area contributed by atoms with Gasteiger partial charge in [0, 0.05) is 55.0 Å². The van der Waals surface area contributed by atoms with E-state index in [1.165, 1.54) is 5.56 Å². The number of nitrogens with one attached hydrogen (secondary N) is 1. The average molecular weight is 455 g/mol. The number of aliphatic hydroxyl groups is 1. The summed E-state index contributed by atoms with van der Waals surface area (Å²) in [5.41, 5.74) is 8.80. The number of primary amides is 1. The number of anilines is 2. The molecule has 0 bridgehead atoms. The molecule has 0 unspecified atom stereocenters. The first-order valence-corrected chi connectivity index (χ1v) is 11.5. The fraction of sp³-hybridized carbons (Fsp3) is 0.542. The van der Waals surface area contributed by atoms with Crippen molar-refractivity contribution < 1.29 is 14.6 Å². The Morgan fingerprint density at radius 2 is 2.03 bits per heavy atom. The predicted octanol–water partition coefficient (Wildman–Crippen LogP) is 2.24. The van der Waals surface area contributed by atoms with E-state index in [2.05, 4.69) is 35.9 Å². The highest BCUT2D eigenvalue weighted by Gasteiger charge is 2.30. The van der Waals surface area contributed by atoms with E-state index >= 15 is 0 Å². The molecular formula is C24H34N6O3. The Hall–Kier alpha value is -2.75. The molecule has 0 saturated carbocycles. The molecule has 1 saturated heterocycles. The maximum atomic E-state index is 11.1. The van der Waals surface area contributed by atoms with Gasteiger partial charge in [-0.25, -0.2) is 14.8 Å². The molecule has 2 amide bonds. The molecule has 0 spiro atoms. The first-order chi connectivity index (χ1) is 15.8. The molecule has 1 aromatic carbocycles. The minimum atomic E-state index is -0.595. The second-order valence-corrected chi connectivity index (χ2v) is 9.76. The van der Waals surface area contributed by atoms with Crippen molar-refractivity contribution in [3.8, 4) is 11.4 Å². The number of morpholine rings is 1. The highest BCUT2D eigenvalue weighted by atomic mass is 16.5. The minimum Gasteiger partial charge on any atom is -0.396 e.